The summed E-state index contributed by atoms with van der Waals surface area (Å²) in [5.74, 6) is -1.51. The van der Waals surface area contributed by atoms with Gasteiger partial charge in [-0.05, 0) is 31.0 Å². The molecule has 1 aliphatic carbocycles. The second-order valence-corrected chi connectivity index (χ2v) is 9.87. The number of hydrogen-bond donors (Lipinski definition) is 0. The van der Waals surface area contributed by atoms with Crippen molar-refractivity contribution < 1.29 is 14.4 Å². The number of alkyl halides is 2. The molecule has 7 heteroatoms. The van der Waals surface area contributed by atoms with E-state index < -0.39 is 0 Å². The molecular weight excluding hydrogens is 509 g/mol. The van der Waals surface area contributed by atoms with Gasteiger partial charge in [0.05, 0.1) is 17.5 Å². The zero-order valence-electron chi connectivity index (χ0n) is 14.6. The zero-order chi connectivity index (χ0) is 20.0. The first-order valence-corrected chi connectivity index (χ1v) is 11.1. The fourth-order valence-corrected chi connectivity index (χ4v) is 5.37. The van der Waals surface area contributed by atoms with E-state index in [1.807, 2.05) is 6.07 Å². The number of rotatable bonds is 3. The molecule has 4 rings (SSSR count). The van der Waals surface area contributed by atoms with Crippen LogP contribution < -0.4 is 4.90 Å². The van der Waals surface area contributed by atoms with Gasteiger partial charge in [-0.3, -0.25) is 14.4 Å². The van der Waals surface area contributed by atoms with E-state index in [1.165, 1.54) is 11.0 Å². The molecule has 0 unspecified atom stereocenters. The highest BCUT2D eigenvalue weighted by Crippen LogP contribution is 2.45. The van der Waals surface area contributed by atoms with Crippen LogP contribution in [0.3, 0.4) is 0 Å². The minimum Gasteiger partial charge on any atom is -0.289 e. The summed E-state index contributed by atoms with van der Waals surface area (Å²) in [5, 5.41) is 0.376. The SMILES string of the molecule is O=C(c1ccccc1)c1cc(Cl)ccc1N1C(=O)[C@H]2C[C@@H](Br)[C@@H](Br)C[C@H]2C1=O. The van der Waals surface area contributed by atoms with Crippen LogP contribution in [-0.4, -0.2) is 27.3 Å². The molecule has 0 aromatic heterocycles. The number of benzene rings is 2. The maximum atomic E-state index is 13.1. The number of fused-ring (bicyclic) bond motifs is 1. The molecule has 1 aliphatic heterocycles. The van der Waals surface area contributed by atoms with Gasteiger partial charge >= 0.3 is 0 Å². The van der Waals surface area contributed by atoms with Gasteiger partial charge in [-0.2, -0.15) is 0 Å². The van der Waals surface area contributed by atoms with Gasteiger partial charge in [-0.25, -0.2) is 4.90 Å². The number of amides is 2. The summed E-state index contributed by atoms with van der Waals surface area (Å²) in [4.78, 5) is 40.8. The number of hydrogen-bond acceptors (Lipinski definition) is 3. The van der Waals surface area contributed by atoms with Crippen LogP contribution in [0.2, 0.25) is 5.02 Å². The first-order chi connectivity index (χ1) is 13.4. The van der Waals surface area contributed by atoms with Gasteiger partial charge in [0.15, 0.2) is 5.78 Å². The van der Waals surface area contributed by atoms with E-state index in [0.717, 1.165) is 0 Å². The Hall–Kier alpha value is -1.50. The lowest BCUT2D eigenvalue weighted by Gasteiger charge is -2.29. The average Bonchev–Trinajstić information content (AvgIpc) is 2.92. The van der Waals surface area contributed by atoms with Crippen molar-refractivity contribution in [1.29, 1.82) is 0 Å². The summed E-state index contributed by atoms with van der Waals surface area (Å²) >= 11 is 13.3. The van der Waals surface area contributed by atoms with Crippen molar-refractivity contribution >= 4 is 66.7 Å². The molecule has 0 bridgehead atoms. The van der Waals surface area contributed by atoms with E-state index in [0.29, 0.717) is 29.1 Å². The molecule has 28 heavy (non-hydrogen) atoms. The maximum absolute atomic E-state index is 13.1. The molecule has 2 aromatic carbocycles. The Morgan fingerprint density at radius 1 is 0.929 bits per heavy atom. The summed E-state index contributed by atoms with van der Waals surface area (Å²) < 4.78 is 0. The Bertz CT molecular complexity index is 937. The molecule has 1 saturated heterocycles. The highest BCUT2D eigenvalue weighted by atomic mass is 79.9. The number of anilines is 1. The first kappa shape index (κ1) is 19.8. The summed E-state index contributed by atoms with van der Waals surface area (Å²) in [6.45, 7) is 0. The second-order valence-electron chi connectivity index (χ2n) is 7.08. The lowest BCUT2D eigenvalue weighted by atomic mass is 9.81. The standard InChI is InChI=1S/C21H16Br2ClNO3/c22-16-9-13-14(10-17(16)23)21(28)25(20(13)27)18-7-6-12(24)8-15(18)19(26)11-4-2-1-3-5-11/h1-8,13-14,16-17H,9-10H2/t13-,14+,16+,17-. The van der Waals surface area contributed by atoms with Crippen LogP contribution in [0.25, 0.3) is 0 Å². The van der Waals surface area contributed by atoms with Crippen LogP contribution in [0.4, 0.5) is 5.69 Å². The Kier molecular flexibility index (Phi) is 5.47. The lowest BCUT2D eigenvalue weighted by Crippen LogP contribution is -2.34. The zero-order valence-corrected chi connectivity index (χ0v) is 18.6. The molecule has 0 radical (unpaired) electrons. The monoisotopic (exact) mass is 523 g/mol. The number of imide groups is 1. The minimum atomic E-state index is -0.374. The molecule has 144 valence electrons. The molecule has 1 heterocycles. The van der Waals surface area contributed by atoms with Gasteiger partial charge in [0.25, 0.3) is 0 Å². The Balaban J connectivity index is 1.77. The van der Waals surface area contributed by atoms with Gasteiger partial charge in [0.2, 0.25) is 11.8 Å². The topological polar surface area (TPSA) is 54.5 Å². The fourth-order valence-electron chi connectivity index (χ4n) is 3.96. The van der Waals surface area contributed by atoms with Gasteiger partial charge in [-0.15, -0.1) is 0 Å². The minimum absolute atomic E-state index is 0.126. The van der Waals surface area contributed by atoms with E-state index in [4.69, 9.17) is 11.6 Å². The van der Waals surface area contributed by atoms with Crippen LogP contribution in [-0.2, 0) is 9.59 Å². The summed E-state index contributed by atoms with van der Waals surface area (Å²) in [6.07, 6.45) is 1.16. The van der Waals surface area contributed by atoms with Gasteiger partial charge in [0.1, 0.15) is 0 Å². The van der Waals surface area contributed by atoms with Crippen LogP contribution in [0.5, 0.6) is 0 Å². The molecule has 2 aliphatic rings. The molecular formula is C21H16Br2ClNO3. The smallest absolute Gasteiger partial charge is 0.237 e. The van der Waals surface area contributed by atoms with Crippen molar-refractivity contribution in [2.75, 3.05) is 4.90 Å². The Labute approximate surface area is 184 Å². The number of halogens is 3. The molecule has 2 aromatic rings. The van der Waals surface area contributed by atoms with E-state index in [-0.39, 0.29) is 44.7 Å². The van der Waals surface area contributed by atoms with Crippen LogP contribution in [0, 0.1) is 11.8 Å². The first-order valence-electron chi connectivity index (χ1n) is 8.93. The average molecular weight is 526 g/mol. The van der Waals surface area contributed by atoms with E-state index in [2.05, 4.69) is 31.9 Å². The molecule has 2 amide bonds. The van der Waals surface area contributed by atoms with E-state index in [1.54, 1.807) is 36.4 Å². The predicted octanol–water partition coefficient (Wildman–Crippen LogP) is 5.00. The second kappa shape index (κ2) is 7.73. The van der Waals surface area contributed by atoms with Gasteiger partial charge in [0, 0.05) is 25.8 Å². The predicted molar refractivity (Wildman–Crippen MR) is 115 cm³/mol. The van der Waals surface area contributed by atoms with Crippen molar-refractivity contribution in [3.05, 3.63) is 64.7 Å². The highest BCUT2D eigenvalue weighted by Gasteiger charge is 2.52. The molecule has 4 nitrogen and oxygen atoms in total. The van der Waals surface area contributed by atoms with Crippen molar-refractivity contribution in [3.63, 3.8) is 0 Å². The lowest BCUT2D eigenvalue weighted by molar-refractivity contribution is -0.122. The van der Waals surface area contributed by atoms with Crippen LogP contribution in [0.15, 0.2) is 48.5 Å². The summed E-state index contributed by atoms with van der Waals surface area (Å²) in [5.41, 5.74) is 1.04. The number of ketones is 1. The fraction of sp³-hybridized carbons (Fsp3) is 0.286. The Morgan fingerprint density at radius 3 is 2.07 bits per heavy atom. The molecule has 2 fully saturated rings. The molecule has 0 N–H and O–H groups in total. The highest BCUT2D eigenvalue weighted by molar-refractivity contribution is 9.12. The van der Waals surface area contributed by atoms with Gasteiger partial charge in [-0.1, -0.05) is 73.8 Å². The van der Waals surface area contributed by atoms with Gasteiger partial charge < -0.3 is 0 Å². The van der Waals surface area contributed by atoms with Crippen molar-refractivity contribution in [2.24, 2.45) is 11.8 Å². The molecule has 4 atom stereocenters. The normalized spacial score (nSPS) is 27.0. The van der Waals surface area contributed by atoms with Crippen LogP contribution in [0.1, 0.15) is 28.8 Å². The molecule has 1 saturated carbocycles. The van der Waals surface area contributed by atoms with Crippen molar-refractivity contribution in [3.8, 4) is 0 Å². The maximum Gasteiger partial charge on any atom is 0.237 e. The summed E-state index contributed by atoms with van der Waals surface area (Å²) in [6, 6.07) is 13.5. The third-order valence-electron chi connectivity index (χ3n) is 5.39. The summed E-state index contributed by atoms with van der Waals surface area (Å²) in [7, 11) is 0. The quantitative estimate of drug-likeness (QED) is 0.322. The third kappa shape index (κ3) is 3.36. The van der Waals surface area contributed by atoms with Crippen molar-refractivity contribution in [1.82, 2.24) is 0 Å². The van der Waals surface area contributed by atoms with Crippen molar-refractivity contribution in [2.45, 2.75) is 22.5 Å². The Morgan fingerprint density at radius 2 is 1.50 bits per heavy atom. The van der Waals surface area contributed by atoms with E-state index >= 15 is 0 Å². The van der Waals surface area contributed by atoms with Crippen LogP contribution >= 0.6 is 43.5 Å². The number of carbonyl (C=O) groups excluding carboxylic acids is 3. The largest absolute Gasteiger partial charge is 0.289 e. The van der Waals surface area contributed by atoms with E-state index in [9.17, 15) is 14.4 Å². The number of nitrogens with zero attached hydrogens (tertiary/aromatic N) is 1. The third-order valence-corrected chi connectivity index (χ3v) is 8.36. The number of carbonyl (C=O) groups is 3. The molecule has 0 spiro atoms.